The summed E-state index contributed by atoms with van der Waals surface area (Å²) in [6.45, 7) is 2.03. The van der Waals surface area contributed by atoms with Gasteiger partial charge in [0.1, 0.15) is 23.4 Å². The average Bonchev–Trinajstić information content (AvgIpc) is 3.09. The van der Waals surface area contributed by atoms with Gasteiger partial charge in [-0.05, 0) is 19.1 Å². The van der Waals surface area contributed by atoms with Gasteiger partial charge in [-0.2, -0.15) is 13.2 Å². The maximum absolute atomic E-state index is 14.3. The molecule has 1 amide bonds. The van der Waals surface area contributed by atoms with Gasteiger partial charge in [0, 0.05) is 35.4 Å². The Kier molecular flexibility index (Phi) is 6.47. The summed E-state index contributed by atoms with van der Waals surface area (Å²) < 4.78 is 95.0. The fourth-order valence-electron chi connectivity index (χ4n) is 4.91. The average molecular weight is 529 g/mol. The molecule has 0 unspecified atom stereocenters. The number of hydrogen-bond acceptors (Lipinski definition) is 5. The van der Waals surface area contributed by atoms with Crippen LogP contribution in [-0.4, -0.2) is 34.8 Å². The van der Waals surface area contributed by atoms with Crippen molar-refractivity contribution in [3.05, 3.63) is 69.0 Å². The van der Waals surface area contributed by atoms with Crippen molar-refractivity contribution in [2.24, 2.45) is 11.7 Å². The molecule has 1 aromatic carbocycles. The molecule has 0 saturated carbocycles. The summed E-state index contributed by atoms with van der Waals surface area (Å²) in [4.78, 5) is 31.3. The molecular formula is C24H21F6N3O4. The molecule has 37 heavy (non-hydrogen) atoms. The number of pyridine rings is 2. The van der Waals surface area contributed by atoms with Crippen LogP contribution in [0.25, 0.3) is 10.9 Å². The highest BCUT2D eigenvalue weighted by molar-refractivity contribution is 6.03. The van der Waals surface area contributed by atoms with Gasteiger partial charge in [0.15, 0.2) is 11.0 Å². The standard InChI is InChI=1S/C24H21F6N3O4/c1-9-15(10-4-5-11(25)16(21(26)27)19(10)36-3)20(37-23(9,2)24(28,29)30)13-8-14(34)17-12(33-13)6-7-32-18(17)22(31)35/h4-9,15,20-21H,1-3H3,(H2,31,35)(H,33,34)/t9-,15-,20-,23+/m1/s1. The van der Waals surface area contributed by atoms with Crippen LogP contribution in [0, 0.1) is 11.7 Å². The number of H-pyrrole nitrogens is 1. The van der Waals surface area contributed by atoms with Gasteiger partial charge in [-0.1, -0.05) is 13.0 Å². The highest BCUT2D eigenvalue weighted by atomic mass is 19.4. The molecule has 13 heteroatoms. The van der Waals surface area contributed by atoms with Crippen LogP contribution in [0.4, 0.5) is 26.3 Å². The van der Waals surface area contributed by atoms with Crippen molar-refractivity contribution in [2.45, 2.75) is 44.1 Å². The maximum atomic E-state index is 14.3. The molecule has 1 saturated heterocycles. The number of nitrogens with zero attached hydrogens (tertiary/aromatic N) is 1. The number of hydrogen-bond donors (Lipinski definition) is 2. The van der Waals surface area contributed by atoms with Crippen LogP contribution in [0.3, 0.4) is 0 Å². The molecule has 0 spiro atoms. The van der Waals surface area contributed by atoms with Crippen LogP contribution in [0.1, 0.15) is 59.6 Å². The monoisotopic (exact) mass is 529 g/mol. The van der Waals surface area contributed by atoms with Gasteiger partial charge in [-0.3, -0.25) is 14.6 Å². The number of carbonyl (C=O) groups excluding carboxylic acids is 1. The predicted molar refractivity (Wildman–Crippen MR) is 119 cm³/mol. The number of aromatic amines is 1. The SMILES string of the molecule is COc1c([C@@H]2[C@@H](c3cc(=O)c4c(C(N)=O)nccc4[nH]3)O[C@](C)(C(F)(F)F)[C@@H]2C)ccc(F)c1C(F)F. The third kappa shape index (κ3) is 4.10. The number of rotatable bonds is 5. The topological polar surface area (TPSA) is 107 Å². The minimum Gasteiger partial charge on any atom is -0.496 e. The number of ether oxygens (including phenoxy) is 2. The van der Waals surface area contributed by atoms with Crippen molar-refractivity contribution >= 4 is 16.8 Å². The van der Waals surface area contributed by atoms with Crippen molar-refractivity contribution in [2.75, 3.05) is 7.11 Å². The van der Waals surface area contributed by atoms with Crippen LogP contribution in [-0.2, 0) is 4.74 Å². The van der Waals surface area contributed by atoms with Crippen molar-refractivity contribution < 1.29 is 40.6 Å². The van der Waals surface area contributed by atoms with Gasteiger partial charge in [0.2, 0.25) is 0 Å². The molecule has 0 radical (unpaired) electrons. The first kappa shape index (κ1) is 26.5. The fraction of sp³-hybridized carbons (Fsp3) is 0.375. The third-order valence-electron chi connectivity index (χ3n) is 6.93. The van der Waals surface area contributed by atoms with E-state index in [-0.39, 0.29) is 27.9 Å². The number of methoxy groups -OCH3 is 1. The summed E-state index contributed by atoms with van der Waals surface area (Å²) >= 11 is 0. The van der Waals surface area contributed by atoms with Crippen LogP contribution in [0.5, 0.6) is 5.75 Å². The van der Waals surface area contributed by atoms with Crippen LogP contribution < -0.4 is 15.9 Å². The zero-order valence-electron chi connectivity index (χ0n) is 19.6. The number of nitrogens with one attached hydrogen (secondary N) is 1. The molecule has 3 N–H and O–H groups in total. The molecule has 0 bridgehead atoms. The molecule has 0 aliphatic carbocycles. The van der Waals surface area contributed by atoms with E-state index in [0.717, 1.165) is 32.2 Å². The fourth-order valence-corrected chi connectivity index (χ4v) is 4.91. The van der Waals surface area contributed by atoms with E-state index in [9.17, 15) is 35.9 Å². The van der Waals surface area contributed by atoms with E-state index in [0.29, 0.717) is 0 Å². The number of benzene rings is 1. The molecule has 3 heterocycles. The first-order chi connectivity index (χ1) is 17.2. The Morgan fingerprint density at radius 3 is 2.51 bits per heavy atom. The smallest absolute Gasteiger partial charge is 0.417 e. The van der Waals surface area contributed by atoms with Crippen LogP contribution in [0.15, 0.2) is 35.3 Å². The van der Waals surface area contributed by atoms with Crippen LogP contribution in [0.2, 0.25) is 0 Å². The lowest BCUT2D eigenvalue weighted by Crippen LogP contribution is -2.46. The van der Waals surface area contributed by atoms with Crippen LogP contribution >= 0.6 is 0 Å². The molecular weight excluding hydrogens is 508 g/mol. The lowest BCUT2D eigenvalue weighted by atomic mass is 9.76. The van der Waals surface area contributed by atoms with Crippen molar-refractivity contribution in [1.29, 1.82) is 0 Å². The maximum Gasteiger partial charge on any atom is 0.417 e. The van der Waals surface area contributed by atoms with Gasteiger partial charge in [-0.15, -0.1) is 0 Å². The zero-order chi connectivity index (χ0) is 27.4. The van der Waals surface area contributed by atoms with Gasteiger partial charge >= 0.3 is 6.18 Å². The summed E-state index contributed by atoms with van der Waals surface area (Å²) in [6.07, 6.45) is -8.58. The number of fused-ring (bicyclic) bond motifs is 1. The van der Waals surface area contributed by atoms with E-state index in [1.54, 1.807) is 0 Å². The third-order valence-corrected chi connectivity index (χ3v) is 6.93. The van der Waals surface area contributed by atoms with E-state index in [4.69, 9.17) is 15.2 Å². The molecule has 3 aromatic rings. The summed E-state index contributed by atoms with van der Waals surface area (Å²) in [7, 11) is 0.999. The quantitative estimate of drug-likeness (QED) is 0.457. The second kappa shape index (κ2) is 9.05. The zero-order valence-corrected chi connectivity index (χ0v) is 19.6. The molecule has 7 nitrogen and oxygen atoms in total. The van der Waals surface area contributed by atoms with E-state index in [1.165, 1.54) is 19.2 Å². The van der Waals surface area contributed by atoms with Crippen molar-refractivity contribution in [1.82, 2.24) is 9.97 Å². The highest BCUT2D eigenvalue weighted by Gasteiger charge is 2.65. The summed E-state index contributed by atoms with van der Waals surface area (Å²) in [5, 5.41) is -0.181. The Labute approximate surface area is 205 Å². The molecule has 1 fully saturated rings. The number of nitrogens with two attached hydrogens (primary N) is 1. The number of halogens is 6. The predicted octanol–water partition coefficient (Wildman–Crippen LogP) is 4.92. The first-order valence-electron chi connectivity index (χ1n) is 10.9. The first-order valence-corrected chi connectivity index (χ1v) is 10.9. The Bertz CT molecular complexity index is 1440. The minimum atomic E-state index is -4.90. The van der Waals surface area contributed by atoms with E-state index < -0.39 is 64.6 Å². The number of carbonyl (C=O) groups is 1. The Morgan fingerprint density at radius 1 is 1.27 bits per heavy atom. The molecule has 4 rings (SSSR count). The normalized spacial score (nSPS) is 24.1. The summed E-state index contributed by atoms with van der Waals surface area (Å²) in [5.41, 5.74) is 0.0353. The van der Waals surface area contributed by atoms with Crippen molar-refractivity contribution in [3.63, 3.8) is 0 Å². The minimum absolute atomic E-state index is 0.0428. The molecule has 198 valence electrons. The second-order valence-corrected chi connectivity index (χ2v) is 8.88. The van der Waals surface area contributed by atoms with E-state index in [2.05, 4.69) is 9.97 Å². The molecule has 4 atom stereocenters. The molecule has 2 aromatic heterocycles. The van der Waals surface area contributed by atoms with Crippen molar-refractivity contribution in [3.8, 4) is 5.75 Å². The number of alkyl halides is 5. The Hall–Kier alpha value is -3.61. The lowest BCUT2D eigenvalue weighted by molar-refractivity contribution is -0.275. The lowest BCUT2D eigenvalue weighted by Gasteiger charge is -2.32. The van der Waals surface area contributed by atoms with E-state index >= 15 is 0 Å². The molecule has 1 aliphatic rings. The highest BCUT2D eigenvalue weighted by Crippen LogP contribution is 2.59. The number of amides is 1. The number of aromatic nitrogens is 2. The molecule has 1 aliphatic heterocycles. The van der Waals surface area contributed by atoms with Gasteiger partial charge in [-0.25, -0.2) is 13.2 Å². The Balaban J connectivity index is 2.00. The second-order valence-electron chi connectivity index (χ2n) is 8.88. The van der Waals surface area contributed by atoms with E-state index in [1.807, 2.05) is 0 Å². The number of primary amides is 1. The van der Waals surface area contributed by atoms with Gasteiger partial charge in [0.05, 0.1) is 23.6 Å². The van der Waals surface area contributed by atoms with Gasteiger partial charge < -0.3 is 20.2 Å². The largest absolute Gasteiger partial charge is 0.496 e. The van der Waals surface area contributed by atoms with Gasteiger partial charge in [0.25, 0.3) is 12.3 Å². The summed E-state index contributed by atoms with van der Waals surface area (Å²) in [6, 6.07) is 4.04. The summed E-state index contributed by atoms with van der Waals surface area (Å²) in [5.74, 6) is -5.61. The Morgan fingerprint density at radius 2 is 1.95 bits per heavy atom.